The highest BCUT2D eigenvalue weighted by molar-refractivity contribution is 7.98. The first-order valence-corrected chi connectivity index (χ1v) is 7.96. The van der Waals surface area contributed by atoms with Crippen molar-refractivity contribution in [3.63, 3.8) is 0 Å². The van der Waals surface area contributed by atoms with Gasteiger partial charge >= 0.3 is 0 Å². The molecule has 2 N–H and O–H groups in total. The highest BCUT2D eigenvalue weighted by atomic mass is 32.2. The summed E-state index contributed by atoms with van der Waals surface area (Å²) in [7, 11) is 0. The molecule has 0 amide bonds. The van der Waals surface area contributed by atoms with Gasteiger partial charge in [0.2, 0.25) is 0 Å². The number of aryl methyl sites for hydroxylation is 2. The van der Waals surface area contributed by atoms with Gasteiger partial charge in [0.15, 0.2) is 0 Å². The summed E-state index contributed by atoms with van der Waals surface area (Å²) in [6.07, 6.45) is 7.60. The van der Waals surface area contributed by atoms with E-state index >= 15 is 0 Å². The second kappa shape index (κ2) is 7.64. The van der Waals surface area contributed by atoms with Crippen LogP contribution in [0.1, 0.15) is 44.6 Å². The highest BCUT2D eigenvalue weighted by Crippen LogP contribution is 2.18. The van der Waals surface area contributed by atoms with Crippen LogP contribution in [0.3, 0.4) is 0 Å². The molecular weight excluding hydrogens is 230 g/mol. The maximum Gasteiger partial charge on any atom is 0.126 e. The Balaban J connectivity index is 2.79. The van der Waals surface area contributed by atoms with Crippen molar-refractivity contribution in [2.45, 2.75) is 52.5 Å². The normalized spacial score (nSPS) is 11.0. The van der Waals surface area contributed by atoms with E-state index in [-0.39, 0.29) is 0 Å². The second-order valence-electron chi connectivity index (χ2n) is 4.36. The number of nitrogens with zero attached hydrogens (tertiary/aromatic N) is 2. The fraction of sp³-hybridized carbons (Fsp3) is 0.769. The van der Waals surface area contributed by atoms with Gasteiger partial charge in [0.1, 0.15) is 11.6 Å². The molecule has 0 aliphatic carbocycles. The lowest BCUT2D eigenvalue weighted by Crippen LogP contribution is -2.07. The van der Waals surface area contributed by atoms with Crippen molar-refractivity contribution in [2.75, 3.05) is 17.7 Å². The third kappa shape index (κ3) is 3.95. The topological polar surface area (TPSA) is 43.8 Å². The monoisotopic (exact) mass is 255 g/mol. The smallest absolute Gasteiger partial charge is 0.126 e. The summed E-state index contributed by atoms with van der Waals surface area (Å²) in [6, 6.07) is 0. The Hall–Kier alpha value is -0.640. The first kappa shape index (κ1) is 14.4. The summed E-state index contributed by atoms with van der Waals surface area (Å²) in [5.74, 6) is 3.26. The summed E-state index contributed by atoms with van der Waals surface area (Å²) in [5, 5.41) is 0. The number of rotatable bonds is 8. The van der Waals surface area contributed by atoms with E-state index in [1.54, 1.807) is 0 Å². The molecule has 0 saturated heterocycles. The molecule has 0 atom stereocenters. The molecule has 0 aliphatic heterocycles. The zero-order valence-corrected chi connectivity index (χ0v) is 12.1. The molecule has 0 fully saturated rings. The van der Waals surface area contributed by atoms with Crippen LogP contribution in [-0.2, 0) is 19.4 Å². The van der Waals surface area contributed by atoms with Gasteiger partial charge in [0.05, 0.1) is 5.69 Å². The minimum absolute atomic E-state index is 0.899. The number of anilines is 1. The molecule has 0 spiro atoms. The van der Waals surface area contributed by atoms with E-state index in [1.165, 1.54) is 18.0 Å². The van der Waals surface area contributed by atoms with E-state index < -0.39 is 0 Å². The predicted molar refractivity (Wildman–Crippen MR) is 77.6 cm³/mol. The van der Waals surface area contributed by atoms with Gasteiger partial charge in [-0.2, -0.15) is 11.8 Å². The molecule has 0 bridgehead atoms. The summed E-state index contributed by atoms with van der Waals surface area (Å²) in [6.45, 7) is 5.37. The van der Waals surface area contributed by atoms with E-state index in [1.807, 2.05) is 11.8 Å². The molecule has 0 aromatic carbocycles. The fourth-order valence-electron chi connectivity index (χ4n) is 2.02. The molecule has 1 aromatic heterocycles. The van der Waals surface area contributed by atoms with E-state index in [2.05, 4.69) is 24.7 Å². The van der Waals surface area contributed by atoms with Gasteiger partial charge in [-0.3, -0.25) is 0 Å². The van der Waals surface area contributed by atoms with E-state index in [0.717, 1.165) is 43.7 Å². The highest BCUT2D eigenvalue weighted by Gasteiger charge is 2.12. The third-order valence-electron chi connectivity index (χ3n) is 2.84. The Morgan fingerprint density at radius 3 is 2.59 bits per heavy atom. The van der Waals surface area contributed by atoms with Crippen LogP contribution < -0.4 is 5.73 Å². The molecule has 1 aromatic rings. The van der Waals surface area contributed by atoms with Crippen LogP contribution in [0, 0.1) is 0 Å². The van der Waals surface area contributed by atoms with Crippen LogP contribution in [0.4, 0.5) is 5.82 Å². The number of thioether (sulfide) groups is 1. The third-order valence-corrected chi connectivity index (χ3v) is 3.54. The lowest BCUT2D eigenvalue weighted by Gasteiger charge is -2.07. The molecule has 1 heterocycles. The van der Waals surface area contributed by atoms with E-state index in [0.29, 0.717) is 0 Å². The van der Waals surface area contributed by atoms with Crippen molar-refractivity contribution < 1.29 is 0 Å². The molecule has 0 unspecified atom stereocenters. The molecular formula is C13H25N3S. The molecule has 0 saturated carbocycles. The van der Waals surface area contributed by atoms with Gasteiger partial charge in [-0.05, 0) is 37.7 Å². The van der Waals surface area contributed by atoms with E-state index in [9.17, 15) is 0 Å². The van der Waals surface area contributed by atoms with Crippen LogP contribution in [0.25, 0.3) is 0 Å². The number of nitrogen functional groups attached to an aromatic ring is 1. The van der Waals surface area contributed by atoms with Crippen LogP contribution in [0.15, 0.2) is 0 Å². The Morgan fingerprint density at radius 2 is 2.00 bits per heavy atom. The second-order valence-corrected chi connectivity index (χ2v) is 5.34. The molecule has 4 heteroatoms. The van der Waals surface area contributed by atoms with Crippen molar-refractivity contribution in [1.29, 1.82) is 0 Å². The minimum atomic E-state index is 0.899. The molecule has 1 rings (SSSR count). The van der Waals surface area contributed by atoms with Crippen molar-refractivity contribution in [2.24, 2.45) is 0 Å². The lowest BCUT2D eigenvalue weighted by molar-refractivity contribution is 0.637. The number of imidazole rings is 1. The lowest BCUT2D eigenvalue weighted by atomic mass is 10.2. The molecule has 98 valence electrons. The van der Waals surface area contributed by atoms with Crippen molar-refractivity contribution in [1.82, 2.24) is 9.55 Å². The Kier molecular flexibility index (Phi) is 6.48. The first-order chi connectivity index (χ1) is 8.24. The molecule has 17 heavy (non-hydrogen) atoms. The number of hydrogen-bond acceptors (Lipinski definition) is 3. The number of hydrogen-bond donors (Lipinski definition) is 1. The van der Waals surface area contributed by atoms with Gasteiger partial charge in [-0.15, -0.1) is 0 Å². The van der Waals surface area contributed by atoms with Crippen molar-refractivity contribution in [3.05, 3.63) is 11.5 Å². The van der Waals surface area contributed by atoms with Crippen molar-refractivity contribution >= 4 is 17.6 Å². The fourth-order valence-corrected chi connectivity index (χ4v) is 2.46. The maximum atomic E-state index is 6.20. The standard InChI is InChI=1S/C13H25N3S/c1-4-7-12-15-11(8-6-10-17-3)13(14)16(12)9-5-2/h4-10,14H2,1-3H3. The Bertz CT molecular complexity index is 334. The zero-order chi connectivity index (χ0) is 12.7. The SMILES string of the molecule is CCCc1nc(CCCSC)c(N)n1CCC. The summed E-state index contributed by atoms with van der Waals surface area (Å²) < 4.78 is 2.21. The summed E-state index contributed by atoms with van der Waals surface area (Å²) in [5.41, 5.74) is 7.30. The van der Waals surface area contributed by atoms with Crippen LogP contribution in [-0.4, -0.2) is 21.6 Å². The number of nitrogens with two attached hydrogens (primary N) is 1. The summed E-state index contributed by atoms with van der Waals surface area (Å²) in [4.78, 5) is 4.72. The average Bonchev–Trinajstić information content (AvgIpc) is 2.59. The van der Waals surface area contributed by atoms with Crippen molar-refractivity contribution in [3.8, 4) is 0 Å². The molecule has 0 aliphatic rings. The predicted octanol–water partition coefficient (Wildman–Crippen LogP) is 3.12. The Labute approximate surface area is 109 Å². The minimum Gasteiger partial charge on any atom is -0.384 e. The Morgan fingerprint density at radius 1 is 1.24 bits per heavy atom. The van der Waals surface area contributed by atoms with E-state index in [4.69, 9.17) is 10.7 Å². The molecule has 3 nitrogen and oxygen atoms in total. The largest absolute Gasteiger partial charge is 0.384 e. The van der Waals surface area contributed by atoms with Crippen LogP contribution in [0.2, 0.25) is 0 Å². The van der Waals surface area contributed by atoms with Crippen LogP contribution in [0.5, 0.6) is 0 Å². The molecule has 0 radical (unpaired) electrons. The van der Waals surface area contributed by atoms with Gasteiger partial charge in [-0.1, -0.05) is 13.8 Å². The maximum absolute atomic E-state index is 6.20. The first-order valence-electron chi connectivity index (χ1n) is 6.57. The van der Waals surface area contributed by atoms with Gasteiger partial charge in [0.25, 0.3) is 0 Å². The average molecular weight is 255 g/mol. The van der Waals surface area contributed by atoms with Gasteiger partial charge < -0.3 is 10.3 Å². The summed E-state index contributed by atoms with van der Waals surface area (Å²) >= 11 is 1.88. The number of aromatic nitrogens is 2. The van der Waals surface area contributed by atoms with Gasteiger partial charge in [0, 0.05) is 13.0 Å². The van der Waals surface area contributed by atoms with Gasteiger partial charge in [-0.25, -0.2) is 4.98 Å². The quantitative estimate of drug-likeness (QED) is 0.726. The van der Waals surface area contributed by atoms with Crippen LogP contribution >= 0.6 is 11.8 Å². The zero-order valence-electron chi connectivity index (χ0n) is 11.3.